The minimum absolute atomic E-state index is 0.150. The summed E-state index contributed by atoms with van der Waals surface area (Å²) in [6, 6.07) is 6.44. The SMILES string of the molecule is CCOC1=C(S(=O)(=O)Nc2ccc3oc(=O)c(C)cc3c2)C=CCC1. The fourth-order valence-corrected chi connectivity index (χ4v) is 3.96. The molecular formula is C18H19NO5S. The summed E-state index contributed by atoms with van der Waals surface area (Å²) in [6.45, 7) is 3.88. The van der Waals surface area contributed by atoms with Crippen LogP contribution in [0, 0.1) is 6.92 Å². The van der Waals surface area contributed by atoms with E-state index in [-0.39, 0.29) is 4.91 Å². The van der Waals surface area contributed by atoms with E-state index in [0.717, 1.165) is 6.42 Å². The van der Waals surface area contributed by atoms with Crippen LogP contribution in [0.25, 0.3) is 11.0 Å². The lowest BCUT2D eigenvalue weighted by Crippen LogP contribution is -2.18. The van der Waals surface area contributed by atoms with Gasteiger partial charge in [-0.1, -0.05) is 6.08 Å². The number of nitrogens with one attached hydrogen (secondary N) is 1. The zero-order valence-electron chi connectivity index (χ0n) is 14.0. The molecule has 25 heavy (non-hydrogen) atoms. The molecule has 6 nitrogen and oxygen atoms in total. The van der Waals surface area contributed by atoms with Crippen LogP contribution in [-0.2, 0) is 14.8 Å². The maximum Gasteiger partial charge on any atom is 0.339 e. The van der Waals surface area contributed by atoms with Crippen molar-refractivity contribution in [3.8, 4) is 0 Å². The van der Waals surface area contributed by atoms with Crippen LogP contribution < -0.4 is 10.3 Å². The predicted molar refractivity (Wildman–Crippen MR) is 96.8 cm³/mol. The Morgan fingerprint density at radius 3 is 2.84 bits per heavy atom. The summed E-state index contributed by atoms with van der Waals surface area (Å²) in [5.41, 5.74) is 0.858. The lowest BCUT2D eigenvalue weighted by molar-refractivity contribution is 0.217. The van der Waals surface area contributed by atoms with Gasteiger partial charge >= 0.3 is 5.63 Å². The number of aryl methyl sites for hydroxylation is 1. The van der Waals surface area contributed by atoms with Crippen molar-refractivity contribution in [1.82, 2.24) is 0 Å². The highest BCUT2D eigenvalue weighted by molar-refractivity contribution is 7.96. The Kier molecular flexibility index (Phi) is 4.67. The third-order valence-electron chi connectivity index (χ3n) is 3.85. The van der Waals surface area contributed by atoms with Gasteiger partial charge in [0.05, 0.1) is 6.61 Å². The third-order valence-corrected chi connectivity index (χ3v) is 5.30. The van der Waals surface area contributed by atoms with E-state index in [9.17, 15) is 13.2 Å². The minimum atomic E-state index is -3.77. The highest BCUT2D eigenvalue weighted by atomic mass is 32.2. The van der Waals surface area contributed by atoms with Crippen molar-refractivity contribution < 1.29 is 17.6 Å². The number of ether oxygens (including phenoxy) is 1. The smallest absolute Gasteiger partial charge is 0.339 e. The highest BCUT2D eigenvalue weighted by Gasteiger charge is 2.23. The molecule has 1 aromatic heterocycles. The van der Waals surface area contributed by atoms with Crippen LogP contribution in [0.3, 0.4) is 0 Å². The summed E-state index contributed by atoms with van der Waals surface area (Å²) in [5.74, 6) is 0.472. The lowest BCUT2D eigenvalue weighted by Gasteiger charge is -2.17. The van der Waals surface area contributed by atoms with Gasteiger partial charge in [-0.25, -0.2) is 13.2 Å². The van der Waals surface area contributed by atoms with Gasteiger partial charge in [-0.05, 0) is 50.6 Å². The van der Waals surface area contributed by atoms with E-state index < -0.39 is 15.6 Å². The summed E-state index contributed by atoms with van der Waals surface area (Å²) in [4.78, 5) is 11.7. The van der Waals surface area contributed by atoms with Gasteiger partial charge in [0, 0.05) is 23.1 Å². The summed E-state index contributed by atoms with van der Waals surface area (Å²) in [6.07, 6.45) is 4.70. The average molecular weight is 361 g/mol. The maximum atomic E-state index is 12.7. The summed E-state index contributed by atoms with van der Waals surface area (Å²) in [7, 11) is -3.77. The third kappa shape index (κ3) is 3.61. The quantitative estimate of drug-likeness (QED) is 0.825. The Bertz CT molecular complexity index is 1030. The van der Waals surface area contributed by atoms with E-state index >= 15 is 0 Å². The molecule has 0 atom stereocenters. The van der Waals surface area contributed by atoms with Gasteiger partial charge in [0.25, 0.3) is 10.0 Å². The number of anilines is 1. The topological polar surface area (TPSA) is 85.6 Å². The van der Waals surface area contributed by atoms with E-state index in [1.807, 2.05) is 13.0 Å². The van der Waals surface area contributed by atoms with Crippen molar-refractivity contribution in [3.05, 3.63) is 63.1 Å². The molecule has 7 heteroatoms. The van der Waals surface area contributed by atoms with Crippen LogP contribution in [0.1, 0.15) is 25.3 Å². The lowest BCUT2D eigenvalue weighted by atomic mass is 10.1. The molecule has 0 saturated heterocycles. The number of sulfonamides is 1. The Morgan fingerprint density at radius 2 is 2.08 bits per heavy atom. The van der Waals surface area contributed by atoms with Crippen LogP contribution in [0.2, 0.25) is 0 Å². The molecule has 1 aliphatic carbocycles. The van der Waals surface area contributed by atoms with E-state index in [4.69, 9.17) is 9.15 Å². The first-order valence-electron chi connectivity index (χ1n) is 8.00. The Morgan fingerprint density at radius 1 is 1.28 bits per heavy atom. The first-order valence-corrected chi connectivity index (χ1v) is 9.49. The molecule has 0 radical (unpaired) electrons. The first-order chi connectivity index (χ1) is 11.9. The molecule has 0 fully saturated rings. The van der Waals surface area contributed by atoms with E-state index in [1.165, 1.54) is 0 Å². The van der Waals surface area contributed by atoms with Crippen molar-refractivity contribution >= 4 is 26.7 Å². The van der Waals surface area contributed by atoms with Crippen molar-refractivity contribution in [1.29, 1.82) is 0 Å². The molecule has 0 bridgehead atoms. The van der Waals surface area contributed by atoms with Gasteiger partial charge < -0.3 is 9.15 Å². The minimum Gasteiger partial charge on any atom is -0.497 e. The predicted octanol–water partition coefficient (Wildman–Crippen LogP) is 3.44. The molecule has 132 valence electrons. The molecule has 3 rings (SSSR count). The van der Waals surface area contributed by atoms with Gasteiger partial charge in [-0.3, -0.25) is 4.72 Å². The van der Waals surface area contributed by atoms with Crippen LogP contribution in [0.4, 0.5) is 5.69 Å². The zero-order valence-corrected chi connectivity index (χ0v) is 14.9. The summed E-state index contributed by atoms with van der Waals surface area (Å²) < 4.78 is 38.7. The second kappa shape index (κ2) is 6.76. The van der Waals surface area contributed by atoms with Gasteiger partial charge in [0.15, 0.2) is 0 Å². The monoisotopic (exact) mass is 361 g/mol. The van der Waals surface area contributed by atoms with Gasteiger partial charge in [-0.2, -0.15) is 0 Å². The average Bonchev–Trinajstić information content (AvgIpc) is 2.56. The Labute approximate surface area is 145 Å². The number of allylic oxidation sites excluding steroid dienone is 3. The standard InChI is InChI=1S/C18H19NO5S/c1-3-23-16-6-4-5-7-17(16)25(21,22)19-14-8-9-15-13(11-14)10-12(2)18(20)24-15/h5,7-11,19H,3-4,6H2,1-2H3. The van der Waals surface area contributed by atoms with Crippen LogP contribution in [-0.4, -0.2) is 15.0 Å². The normalized spacial score (nSPS) is 14.8. The van der Waals surface area contributed by atoms with Crippen LogP contribution in [0.15, 0.2) is 56.3 Å². The molecule has 1 aromatic carbocycles. The fraction of sp³-hybridized carbons (Fsp3) is 0.278. The van der Waals surface area contributed by atoms with Crippen molar-refractivity contribution in [2.75, 3.05) is 11.3 Å². The molecular weight excluding hydrogens is 342 g/mol. The van der Waals surface area contributed by atoms with E-state index in [2.05, 4.69) is 4.72 Å². The number of benzene rings is 1. The molecule has 1 heterocycles. The first kappa shape index (κ1) is 17.3. The zero-order chi connectivity index (χ0) is 18.0. The van der Waals surface area contributed by atoms with Crippen LogP contribution in [0.5, 0.6) is 0 Å². The second-order valence-corrected chi connectivity index (χ2v) is 7.39. The van der Waals surface area contributed by atoms with Gasteiger partial charge in [0.1, 0.15) is 16.2 Å². The molecule has 1 N–H and O–H groups in total. The van der Waals surface area contributed by atoms with Crippen LogP contribution >= 0.6 is 0 Å². The molecule has 1 aliphatic rings. The molecule has 0 spiro atoms. The number of hydrogen-bond donors (Lipinski definition) is 1. The highest BCUT2D eigenvalue weighted by Crippen LogP contribution is 2.27. The number of rotatable bonds is 5. The molecule has 0 unspecified atom stereocenters. The van der Waals surface area contributed by atoms with Crippen molar-refractivity contribution in [3.63, 3.8) is 0 Å². The largest absolute Gasteiger partial charge is 0.497 e. The van der Waals surface area contributed by atoms with Gasteiger partial charge in [0.2, 0.25) is 0 Å². The van der Waals surface area contributed by atoms with E-state index in [0.29, 0.717) is 41.0 Å². The number of hydrogen-bond acceptors (Lipinski definition) is 5. The molecule has 0 amide bonds. The number of fused-ring (bicyclic) bond motifs is 1. The van der Waals surface area contributed by atoms with Gasteiger partial charge in [-0.15, -0.1) is 0 Å². The fourth-order valence-electron chi connectivity index (χ4n) is 2.68. The Hall–Kier alpha value is -2.54. The van der Waals surface area contributed by atoms with Crippen molar-refractivity contribution in [2.24, 2.45) is 0 Å². The summed E-state index contributed by atoms with van der Waals surface area (Å²) >= 11 is 0. The summed E-state index contributed by atoms with van der Waals surface area (Å²) in [5, 5.41) is 0.649. The van der Waals surface area contributed by atoms with Crippen molar-refractivity contribution in [2.45, 2.75) is 26.7 Å². The Balaban J connectivity index is 1.98. The van der Waals surface area contributed by atoms with E-state index in [1.54, 1.807) is 37.3 Å². The second-order valence-electron chi connectivity index (χ2n) is 5.74. The maximum absolute atomic E-state index is 12.7. The molecule has 0 aliphatic heterocycles. The molecule has 0 saturated carbocycles. The molecule has 2 aromatic rings.